The first-order chi connectivity index (χ1) is 17.2. The lowest BCUT2D eigenvalue weighted by atomic mass is 9.78. The highest BCUT2D eigenvalue weighted by atomic mass is 79.9. The Balaban J connectivity index is 1.78. The van der Waals surface area contributed by atoms with Crippen LogP contribution in [0, 0.1) is 6.92 Å². The Kier molecular flexibility index (Phi) is 7.40. The van der Waals surface area contributed by atoms with Gasteiger partial charge in [-0.3, -0.25) is 9.59 Å². The molecule has 36 heavy (non-hydrogen) atoms. The molecule has 0 aliphatic rings. The van der Waals surface area contributed by atoms with Crippen molar-refractivity contribution in [2.45, 2.75) is 25.7 Å². The third-order valence-corrected chi connectivity index (χ3v) is 6.90. The molecule has 4 aromatic rings. The lowest BCUT2D eigenvalue weighted by molar-refractivity contribution is -0.138. The van der Waals surface area contributed by atoms with E-state index in [4.69, 9.17) is 9.72 Å². The number of carboxylic acids is 1. The quantitative estimate of drug-likeness (QED) is 0.277. The Morgan fingerprint density at radius 1 is 1.06 bits per heavy atom. The molecular weight excluding hydrogens is 520 g/mol. The van der Waals surface area contributed by atoms with Gasteiger partial charge in [-0.2, -0.15) is 0 Å². The summed E-state index contributed by atoms with van der Waals surface area (Å²) < 4.78 is 6.34. The number of para-hydroxylation sites is 1. The average Bonchev–Trinajstić information content (AvgIpc) is 2.87. The molecular formula is C29H27BrN2O4. The van der Waals surface area contributed by atoms with Crippen molar-refractivity contribution < 1.29 is 19.4 Å². The van der Waals surface area contributed by atoms with E-state index in [1.54, 1.807) is 13.2 Å². The van der Waals surface area contributed by atoms with Gasteiger partial charge in [-0.25, -0.2) is 4.98 Å². The summed E-state index contributed by atoms with van der Waals surface area (Å²) >= 11 is 3.51. The number of hydrogen-bond acceptors (Lipinski definition) is 4. The van der Waals surface area contributed by atoms with Crippen molar-refractivity contribution in [2.24, 2.45) is 0 Å². The Bertz CT molecular complexity index is 1440. The third kappa shape index (κ3) is 5.11. The van der Waals surface area contributed by atoms with E-state index in [0.717, 1.165) is 32.2 Å². The second kappa shape index (κ2) is 10.5. The molecule has 1 atom stereocenters. The van der Waals surface area contributed by atoms with Gasteiger partial charge in [-0.15, -0.1) is 0 Å². The smallest absolute Gasteiger partial charge is 0.304 e. The maximum atomic E-state index is 13.8. The normalized spacial score (nSPS) is 12.7. The van der Waals surface area contributed by atoms with Crippen LogP contribution >= 0.6 is 15.9 Å². The van der Waals surface area contributed by atoms with Crippen molar-refractivity contribution in [1.29, 1.82) is 0 Å². The minimum Gasteiger partial charge on any atom is -0.496 e. The predicted octanol–water partition coefficient (Wildman–Crippen LogP) is 6.14. The van der Waals surface area contributed by atoms with Crippen molar-refractivity contribution in [3.8, 4) is 17.0 Å². The number of aliphatic carboxylic acids is 1. The van der Waals surface area contributed by atoms with Crippen molar-refractivity contribution >= 4 is 38.7 Å². The van der Waals surface area contributed by atoms with Crippen LogP contribution in [0.4, 0.5) is 0 Å². The van der Waals surface area contributed by atoms with Crippen molar-refractivity contribution in [3.05, 3.63) is 94.0 Å². The van der Waals surface area contributed by atoms with Crippen LogP contribution in [0.3, 0.4) is 0 Å². The lowest BCUT2D eigenvalue weighted by Gasteiger charge is -2.30. The van der Waals surface area contributed by atoms with E-state index < -0.39 is 11.4 Å². The Hall–Kier alpha value is -3.71. The number of halogens is 1. The summed E-state index contributed by atoms with van der Waals surface area (Å²) in [6.07, 6.45) is -0.176. The fourth-order valence-electron chi connectivity index (χ4n) is 4.59. The van der Waals surface area contributed by atoms with Gasteiger partial charge in [0, 0.05) is 32.9 Å². The van der Waals surface area contributed by atoms with Crippen LogP contribution in [-0.2, 0) is 10.2 Å². The molecule has 0 aliphatic carbocycles. The number of amides is 1. The average molecular weight is 547 g/mol. The molecule has 4 rings (SSSR count). The molecule has 0 aliphatic heterocycles. The number of rotatable bonds is 8. The van der Waals surface area contributed by atoms with Gasteiger partial charge in [-0.1, -0.05) is 71.4 Å². The molecule has 2 N–H and O–H groups in total. The highest BCUT2D eigenvalue weighted by Crippen LogP contribution is 2.35. The number of benzene rings is 3. The zero-order valence-electron chi connectivity index (χ0n) is 20.3. The fourth-order valence-corrected chi connectivity index (χ4v) is 4.96. The summed E-state index contributed by atoms with van der Waals surface area (Å²) in [5, 5.41) is 13.4. The number of nitrogens with zero attached hydrogens (tertiary/aromatic N) is 1. The van der Waals surface area contributed by atoms with Crippen LogP contribution in [-0.4, -0.2) is 35.6 Å². The number of aromatic nitrogens is 1. The standard InChI is InChI=1S/C29H27BrN2O4/c1-18-26(21-15-20(30)13-14-23(21)32-27(18)19-9-5-4-6-10-19)28(35)31-17-29(2,16-25(33)34)22-11-7-8-12-24(22)36-3/h4-15H,16-17H2,1-3H3,(H,31,35)(H,33,34)/t29-/m1/s1. The van der Waals surface area contributed by atoms with Crippen LogP contribution in [0.25, 0.3) is 22.2 Å². The van der Waals surface area contributed by atoms with Crippen LogP contribution < -0.4 is 10.1 Å². The van der Waals surface area contributed by atoms with Crippen molar-refractivity contribution in [3.63, 3.8) is 0 Å². The Morgan fingerprint density at radius 3 is 2.44 bits per heavy atom. The van der Waals surface area contributed by atoms with E-state index >= 15 is 0 Å². The number of carbonyl (C=O) groups is 2. The summed E-state index contributed by atoms with van der Waals surface area (Å²) in [5.74, 6) is -0.670. The van der Waals surface area contributed by atoms with Crippen LogP contribution in [0.2, 0.25) is 0 Å². The fraction of sp³-hybridized carbons (Fsp3) is 0.207. The SMILES string of the molecule is COc1ccccc1[C@@](C)(CNC(=O)c1c(C)c(-c2ccccc2)nc2ccc(Br)cc12)CC(=O)O. The molecule has 0 saturated carbocycles. The monoisotopic (exact) mass is 546 g/mol. The molecule has 1 aromatic heterocycles. The second-order valence-corrected chi connectivity index (χ2v) is 9.92. The summed E-state index contributed by atoms with van der Waals surface area (Å²) in [7, 11) is 1.55. The van der Waals surface area contributed by atoms with E-state index in [-0.39, 0.29) is 18.9 Å². The van der Waals surface area contributed by atoms with E-state index in [0.29, 0.717) is 16.8 Å². The summed E-state index contributed by atoms with van der Waals surface area (Å²) in [6.45, 7) is 3.82. The maximum absolute atomic E-state index is 13.8. The van der Waals surface area contributed by atoms with Gasteiger partial charge in [0.2, 0.25) is 0 Å². The van der Waals surface area contributed by atoms with Gasteiger partial charge in [-0.05, 0) is 36.8 Å². The molecule has 0 bridgehead atoms. The minimum atomic E-state index is -0.960. The maximum Gasteiger partial charge on any atom is 0.304 e. The number of ether oxygens (including phenoxy) is 1. The molecule has 0 saturated heterocycles. The van der Waals surface area contributed by atoms with Gasteiger partial charge in [0.25, 0.3) is 5.91 Å². The largest absolute Gasteiger partial charge is 0.496 e. The molecule has 3 aromatic carbocycles. The molecule has 0 radical (unpaired) electrons. The van der Waals surface area contributed by atoms with E-state index in [2.05, 4.69) is 21.2 Å². The molecule has 184 valence electrons. The molecule has 1 amide bonds. The number of pyridine rings is 1. The Morgan fingerprint density at radius 2 is 1.75 bits per heavy atom. The minimum absolute atomic E-state index is 0.108. The van der Waals surface area contributed by atoms with Gasteiger partial charge >= 0.3 is 5.97 Å². The lowest BCUT2D eigenvalue weighted by Crippen LogP contribution is -2.40. The highest BCUT2D eigenvalue weighted by Gasteiger charge is 2.33. The number of hydrogen-bond donors (Lipinski definition) is 2. The van der Waals surface area contributed by atoms with Gasteiger partial charge in [0.15, 0.2) is 0 Å². The van der Waals surface area contributed by atoms with Gasteiger partial charge < -0.3 is 15.2 Å². The van der Waals surface area contributed by atoms with Crippen molar-refractivity contribution in [1.82, 2.24) is 10.3 Å². The van der Waals surface area contributed by atoms with Gasteiger partial charge in [0.05, 0.1) is 30.3 Å². The van der Waals surface area contributed by atoms with E-state index in [1.165, 1.54) is 0 Å². The topological polar surface area (TPSA) is 88.5 Å². The molecule has 0 spiro atoms. The second-order valence-electron chi connectivity index (χ2n) is 9.00. The van der Waals surface area contributed by atoms with Crippen LogP contribution in [0.15, 0.2) is 77.3 Å². The third-order valence-electron chi connectivity index (χ3n) is 6.40. The first-order valence-corrected chi connectivity index (χ1v) is 12.3. The van der Waals surface area contributed by atoms with E-state index in [1.807, 2.05) is 80.6 Å². The van der Waals surface area contributed by atoms with Crippen LogP contribution in [0.5, 0.6) is 5.75 Å². The number of carbonyl (C=O) groups excluding carboxylic acids is 1. The summed E-state index contributed by atoms with van der Waals surface area (Å²) in [6, 6.07) is 22.7. The first-order valence-electron chi connectivity index (χ1n) is 11.5. The predicted molar refractivity (Wildman–Crippen MR) is 145 cm³/mol. The van der Waals surface area contributed by atoms with E-state index in [9.17, 15) is 14.7 Å². The zero-order chi connectivity index (χ0) is 25.9. The molecule has 6 nitrogen and oxygen atoms in total. The first kappa shape index (κ1) is 25.4. The van der Waals surface area contributed by atoms with Gasteiger partial charge in [0.1, 0.15) is 5.75 Å². The molecule has 0 unspecified atom stereocenters. The molecule has 0 fully saturated rings. The zero-order valence-corrected chi connectivity index (χ0v) is 21.9. The van der Waals surface area contributed by atoms with Crippen molar-refractivity contribution in [2.75, 3.05) is 13.7 Å². The summed E-state index contributed by atoms with van der Waals surface area (Å²) in [5.41, 5.74) is 3.44. The van der Waals surface area contributed by atoms with Crippen LogP contribution in [0.1, 0.15) is 34.8 Å². The number of methoxy groups -OCH3 is 1. The number of nitrogens with one attached hydrogen (secondary N) is 1. The molecule has 7 heteroatoms. The highest BCUT2D eigenvalue weighted by molar-refractivity contribution is 9.10. The number of fused-ring (bicyclic) bond motifs is 1. The molecule has 1 heterocycles. The Labute approximate surface area is 218 Å². The summed E-state index contributed by atoms with van der Waals surface area (Å²) in [4.78, 5) is 30.4. The number of carboxylic acid groups (broad SMARTS) is 1.